The Labute approximate surface area is 148 Å². The van der Waals surface area contributed by atoms with Crippen molar-refractivity contribution < 1.29 is 9.53 Å². The van der Waals surface area contributed by atoms with E-state index in [-0.39, 0.29) is 17.9 Å². The monoisotopic (exact) mass is 346 g/mol. The van der Waals surface area contributed by atoms with Crippen molar-refractivity contribution in [1.82, 2.24) is 5.32 Å². The predicted octanol–water partition coefficient (Wildman–Crippen LogP) is 3.46. The Morgan fingerprint density at radius 2 is 1.96 bits per heavy atom. The van der Waals surface area contributed by atoms with Crippen LogP contribution in [-0.4, -0.2) is 19.6 Å². The van der Waals surface area contributed by atoms with Crippen LogP contribution < -0.4 is 15.8 Å². The summed E-state index contributed by atoms with van der Waals surface area (Å²) in [6.45, 7) is 4.09. The standard InChI is InChI=1S/C19H23ClN2O2/c1-12-10-14(24-3)8-9-15(12)18(22-19(23)13(2)11-21)16-6-4-5-7-17(16)20/h4-10,13,18H,11,21H2,1-3H3,(H,22,23). The molecule has 0 bridgehead atoms. The quantitative estimate of drug-likeness (QED) is 0.841. The van der Waals surface area contributed by atoms with Gasteiger partial charge in [-0.25, -0.2) is 0 Å². The molecule has 0 spiro atoms. The second kappa shape index (κ2) is 8.18. The van der Waals surface area contributed by atoms with Gasteiger partial charge in [0.15, 0.2) is 0 Å². The highest BCUT2D eigenvalue weighted by atomic mass is 35.5. The zero-order valence-electron chi connectivity index (χ0n) is 14.2. The van der Waals surface area contributed by atoms with E-state index in [4.69, 9.17) is 22.1 Å². The maximum atomic E-state index is 12.4. The highest BCUT2D eigenvalue weighted by Crippen LogP contribution is 2.31. The summed E-state index contributed by atoms with van der Waals surface area (Å²) in [5.74, 6) is 0.405. The largest absolute Gasteiger partial charge is 0.497 e. The van der Waals surface area contributed by atoms with Crippen LogP contribution in [0.3, 0.4) is 0 Å². The third-order valence-electron chi connectivity index (χ3n) is 4.09. The van der Waals surface area contributed by atoms with Crippen LogP contribution in [0.15, 0.2) is 42.5 Å². The lowest BCUT2D eigenvalue weighted by atomic mass is 9.94. The van der Waals surface area contributed by atoms with Crippen LogP contribution in [0.2, 0.25) is 5.02 Å². The highest BCUT2D eigenvalue weighted by molar-refractivity contribution is 6.31. The molecule has 2 atom stereocenters. The lowest BCUT2D eigenvalue weighted by Gasteiger charge is -2.24. The third kappa shape index (κ3) is 4.08. The molecule has 0 radical (unpaired) electrons. The first-order chi connectivity index (χ1) is 11.5. The molecule has 24 heavy (non-hydrogen) atoms. The Hall–Kier alpha value is -2.04. The van der Waals surface area contributed by atoms with E-state index in [0.29, 0.717) is 11.6 Å². The molecule has 0 saturated carbocycles. The molecule has 1 amide bonds. The van der Waals surface area contributed by atoms with Crippen molar-refractivity contribution in [1.29, 1.82) is 0 Å². The Kier molecular flexibility index (Phi) is 6.23. The van der Waals surface area contributed by atoms with Gasteiger partial charge in [0.2, 0.25) is 5.91 Å². The molecule has 0 heterocycles. The number of benzene rings is 2. The minimum Gasteiger partial charge on any atom is -0.497 e. The molecule has 4 nitrogen and oxygen atoms in total. The van der Waals surface area contributed by atoms with Crippen LogP contribution in [0.5, 0.6) is 5.75 Å². The molecule has 0 aromatic heterocycles. The number of carbonyl (C=O) groups excluding carboxylic acids is 1. The van der Waals surface area contributed by atoms with Crippen LogP contribution in [0.4, 0.5) is 0 Å². The van der Waals surface area contributed by atoms with Crippen molar-refractivity contribution in [3.8, 4) is 5.75 Å². The van der Waals surface area contributed by atoms with E-state index in [0.717, 1.165) is 22.4 Å². The topological polar surface area (TPSA) is 64.3 Å². The summed E-state index contributed by atoms with van der Waals surface area (Å²) in [6, 6.07) is 13.0. The molecule has 0 aliphatic carbocycles. The van der Waals surface area contributed by atoms with Gasteiger partial charge in [-0.15, -0.1) is 0 Å². The van der Waals surface area contributed by atoms with Crippen molar-refractivity contribution in [2.75, 3.05) is 13.7 Å². The number of aryl methyl sites for hydroxylation is 1. The summed E-state index contributed by atoms with van der Waals surface area (Å²) in [4.78, 5) is 12.4. The van der Waals surface area contributed by atoms with E-state index in [1.54, 1.807) is 14.0 Å². The third-order valence-corrected chi connectivity index (χ3v) is 4.44. The highest BCUT2D eigenvalue weighted by Gasteiger charge is 2.23. The van der Waals surface area contributed by atoms with Gasteiger partial charge in [0.05, 0.1) is 13.2 Å². The minimum absolute atomic E-state index is 0.0994. The van der Waals surface area contributed by atoms with E-state index in [1.165, 1.54) is 0 Å². The average molecular weight is 347 g/mol. The van der Waals surface area contributed by atoms with Gasteiger partial charge in [-0.3, -0.25) is 4.79 Å². The van der Waals surface area contributed by atoms with Gasteiger partial charge in [0.25, 0.3) is 0 Å². The van der Waals surface area contributed by atoms with Crippen LogP contribution >= 0.6 is 11.6 Å². The van der Waals surface area contributed by atoms with E-state index in [9.17, 15) is 4.79 Å². The Morgan fingerprint density at radius 3 is 2.54 bits per heavy atom. The molecule has 128 valence electrons. The van der Waals surface area contributed by atoms with E-state index >= 15 is 0 Å². The maximum Gasteiger partial charge on any atom is 0.224 e. The van der Waals surface area contributed by atoms with Crippen molar-refractivity contribution in [2.45, 2.75) is 19.9 Å². The van der Waals surface area contributed by atoms with Gasteiger partial charge in [-0.1, -0.05) is 42.8 Å². The van der Waals surface area contributed by atoms with Crippen LogP contribution in [0, 0.1) is 12.8 Å². The molecule has 2 rings (SSSR count). The second-order valence-corrected chi connectivity index (χ2v) is 6.23. The SMILES string of the molecule is COc1ccc(C(NC(=O)C(C)CN)c2ccccc2Cl)c(C)c1. The molecule has 2 unspecified atom stereocenters. The van der Waals surface area contributed by atoms with Gasteiger partial charge < -0.3 is 15.8 Å². The van der Waals surface area contributed by atoms with Gasteiger partial charge in [0, 0.05) is 17.5 Å². The molecular weight excluding hydrogens is 324 g/mol. The number of ether oxygens (including phenoxy) is 1. The van der Waals surface area contributed by atoms with Crippen molar-refractivity contribution in [3.63, 3.8) is 0 Å². The summed E-state index contributed by atoms with van der Waals surface area (Å²) >= 11 is 6.38. The Morgan fingerprint density at radius 1 is 1.25 bits per heavy atom. The van der Waals surface area contributed by atoms with Gasteiger partial charge in [-0.2, -0.15) is 0 Å². The fraction of sp³-hybridized carbons (Fsp3) is 0.316. The number of hydrogen-bond donors (Lipinski definition) is 2. The average Bonchev–Trinajstić information content (AvgIpc) is 2.59. The van der Waals surface area contributed by atoms with Gasteiger partial charge in [-0.05, 0) is 41.8 Å². The smallest absolute Gasteiger partial charge is 0.224 e. The zero-order valence-corrected chi connectivity index (χ0v) is 14.9. The number of hydrogen-bond acceptors (Lipinski definition) is 3. The molecule has 5 heteroatoms. The number of halogens is 1. The summed E-state index contributed by atoms with van der Waals surface area (Å²) in [7, 11) is 1.63. The number of nitrogens with one attached hydrogen (secondary N) is 1. The van der Waals surface area contributed by atoms with Gasteiger partial charge in [0.1, 0.15) is 5.75 Å². The van der Waals surface area contributed by atoms with Crippen molar-refractivity contribution >= 4 is 17.5 Å². The summed E-state index contributed by atoms with van der Waals surface area (Å²) in [6.07, 6.45) is 0. The van der Waals surface area contributed by atoms with E-state index < -0.39 is 0 Å². The molecular formula is C19H23ClN2O2. The summed E-state index contributed by atoms with van der Waals surface area (Å²) < 4.78 is 5.27. The van der Waals surface area contributed by atoms with Crippen LogP contribution in [-0.2, 0) is 4.79 Å². The molecule has 0 saturated heterocycles. The van der Waals surface area contributed by atoms with Gasteiger partial charge >= 0.3 is 0 Å². The first-order valence-electron chi connectivity index (χ1n) is 7.87. The molecule has 0 aliphatic rings. The fourth-order valence-electron chi connectivity index (χ4n) is 2.52. The fourth-order valence-corrected chi connectivity index (χ4v) is 2.77. The first kappa shape index (κ1) is 18.3. The summed E-state index contributed by atoms with van der Waals surface area (Å²) in [5.41, 5.74) is 8.46. The Bertz CT molecular complexity index is 718. The molecule has 0 fully saturated rings. The lowest BCUT2D eigenvalue weighted by Crippen LogP contribution is -2.36. The predicted molar refractivity (Wildman–Crippen MR) is 97.4 cm³/mol. The molecule has 2 aromatic rings. The Balaban J connectivity index is 2.47. The zero-order chi connectivity index (χ0) is 17.7. The lowest BCUT2D eigenvalue weighted by molar-refractivity contribution is -0.124. The number of methoxy groups -OCH3 is 1. The maximum absolute atomic E-state index is 12.4. The first-order valence-corrected chi connectivity index (χ1v) is 8.25. The number of carbonyl (C=O) groups is 1. The van der Waals surface area contributed by atoms with Crippen LogP contribution in [0.25, 0.3) is 0 Å². The van der Waals surface area contributed by atoms with Crippen LogP contribution in [0.1, 0.15) is 29.7 Å². The number of nitrogens with two attached hydrogens (primary N) is 1. The molecule has 3 N–H and O–H groups in total. The number of rotatable bonds is 6. The van der Waals surface area contributed by atoms with Crippen molar-refractivity contribution in [3.05, 3.63) is 64.2 Å². The number of amides is 1. The summed E-state index contributed by atoms with van der Waals surface area (Å²) in [5, 5.41) is 3.68. The second-order valence-electron chi connectivity index (χ2n) is 5.82. The molecule has 0 aliphatic heterocycles. The molecule has 2 aromatic carbocycles. The normalized spacial score (nSPS) is 13.2. The van der Waals surface area contributed by atoms with E-state index in [2.05, 4.69) is 5.32 Å². The van der Waals surface area contributed by atoms with Crippen molar-refractivity contribution in [2.24, 2.45) is 11.7 Å². The van der Waals surface area contributed by atoms with E-state index in [1.807, 2.05) is 49.4 Å². The minimum atomic E-state index is -0.342.